The Hall–Kier alpha value is -3.06. The van der Waals surface area contributed by atoms with E-state index >= 15 is 0 Å². The number of nitrogens with zero attached hydrogens (tertiary/aromatic N) is 2. The lowest BCUT2D eigenvalue weighted by molar-refractivity contribution is 0.0696. The maximum Gasteiger partial charge on any atom is 0.337 e. The van der Waals surface area contributed by atoms with Crippen LogP contribution >= 0.6 is 23.2 Å². The number of hydrogen-bond donors (Lipinski definition) is 1. The molecular weight excluding hydrogens is 463 g/mol. The summed E-state index contributed by atoms with van der Waals surface area (Å²) in [4.78, 5) is 29.1. The third-order valence-corrected chi connectivity index (χ3v) is 6.20. The predicted octanol–water partition coefficient (Wildman–Crippen LogP) is 5.38. The summed E-state index contributed by atoms with van der Waals surface area (Å²) in [6.07, 6.45) is 0. The lowest BCUT2D eigenvalue weighted by atomic mass is 10.1. The van der Waals surface area contributed by atoms with E-state index in [0.29, 0.717) is 53.3 Å². The molecule has 4 rings (SSSR count). The Balaban J connectivity index is 1.75. The second kappa shape index (κ2) is 10.3. The van der Waals surface area contributed by atoms with Crippen molar-refractivity contribution in [3.63, 3.8) is 0 Å². The third kappa shape index (κ3) is 5.30. The number of carbonyl (C=O) groups is 2. The van der Waals surface area contributed by atoms with E-state index in [0.717, 1.165) is 5.56 Å². The van der Waals surface area contributed by atoms with Gasteiger partial charge in [-0.25, -0.2) is 4.79 Å². The van der Waals surface area contributed by atoms with Gasteiger partial charge >= 0.3 is 5.97 Å². The van der Waals surface area contributed by atoms with E-state index in [2.05, 4.69) is 0 Å². The number of benzene rings is 3. The maximum atomic E-state index is 13.5. The summed E-state index contributed by atoms with van der Waals surface area (Å²) >= 11 is 12.2. The molecule has 1 aliphatic heterocycles. The van der Waals surface area contributed by atoms with Gasteiger partial charge in [-0.2, -0.15) is 0 Å². The number of anilines is 2. The molecule has 0 radical (unpaired) electrons. The van der Waals surface area contributed by atoms with Crippen LogP contribution < -0.4 is 9.80 Å². The summed E-state index contributed by atoms with van der Waals surface area (Å²) < 4.78 is 5.39. The minimum atomic E-state index is -1.06. The minimum absolute atomic E-state index is 0.134. The third-order valence-electron chi connectivity index (χ3n) is 5.46. The lowest BCUT2D eigenvalue weighted by Crippen LogP contribution is -2.37. The summed E-state index contributed by atoms with van der Waals surface area (Å²) in [5.74, 6) is -1.31. The van der Waals surface area contributed by atoms with Crippen LogP contribution in [-0.2, 0) is 11.3 Å². The maximum absolute atomic E-state index is 13.5. The first kappa shape index (κ1) is 23.1. The van der Waals surface area contributed by atoms with E-state index in [4.69, 9.17) is 27.9 Å². The summed E-state index contributed by atoms with van der Waals surface area (Å²) in [7, 11) is 0. The van der Waals surface area contributed by atoms with Crippen LogP contribution in [0.5, 0.6) is 0 Å². The molecule has 0 aliphatic carbocycles. The number of amides is 1. The highest BCUT2D eigenvalue weighted by molar-refractivity contribution is 6.42. The van der Waals surface area contributed by atoms with Crippen molar-refractivity contribution < 1.29 is 19.4 Å². The molecule has 0 aromatic heterocycles. The molecule has 1 fully saturated rings. The second-order valence-corrected chi connectivity index (χ2v) is 8.43. The monoisotopic (exact) mass is 484 g/mol. The van der Waals surface area contributed by atoms with E-state index in [1.54, 1.807) is 65.6 Å². The molecule has 0 bridgehead atoms. The first-order chi connectivity index (χ1) is 15.9. The zero-order chi connectivity index (χ0) is 23.4. The number of morpholine rings is 1. The predicted molar refractivity (Wildman–Crippen MR) is 130 cm³/mol. The Morgan fingerprint density at radius 1 is 0.939 bits per heavy atom. The molecule has 3 aromatic rings. The highest BCUT2D eigenvalue weighted by atomic mass is 35.5. The van der Waals surface area contributed by atoms with Crippen molar-refractivity contribution in [1.82, 2.24) is 0 Å². The van der Waals surface area contributed by atoms with Gasteiger partial charge in [-0.3, -0.25) is 4.79 Å². The molecule has 0 saturated carbocycles. The number of ether oxygens (including phenoxy) is 1. The van der Waals surface area contributed by atoms with Gasteiger partial charge in [-0.05, 0) is 48.0 Å². The van der Waals surface area contributed by atoms with E-state index in [9.17, 15) is 14.7 Å². The Morgan fingerprint density at radius 2 is 1.67 bits per heavy atom. The zero-order valence-corrected chi connectivity index (χ0v) is 19.2. The fourth-order valence-electron chi connectivity index (χ4n) is 3.78. The number of hydrogen-bond acceptors (Lipinski definition) is 4. The van der Waals surface area contributed by atoms with E-state index in [-0.39, 0.29) is 18.0 Å². The molecule has 0 atom stereocenters. The molecule has 33 heavy (non-hydrogen) atoms. The van der Waals surface area contributed by atoms with Gasteiger partial charge in [0.2, 0.25) is 0 Å². The number of carbonyl (C=O) groups excluding carboxylic acids is 1. The van der Waals surface area contributed by atoms with Crippen molar-refractivity contribution in [3.8, 4) is 0 Å². The Kier molecular flexibility index (Phi) is 7.18. The van der Waals surface area contributed by atoms with Gasteiger partial charge in [-0.1, -0.05) is 47.5 Å². The molecule has 1 heterocycles. The summed E-state index contributed by atoms with van der Waals surface area (Å²) in [6, 6.07) is 19.1. The highest BCUT2D eigenvalue weighted by Gasteiger charge is 2.23. The number of rotatable bonds is 6. The molecule has 0 unspecified atom stereocenters. The fourth-order valence-corrected chi connectivity index (χ4v) is 4.10. The molecule has 8 heteroatoms. The normalized spacial score (nSPS) is 13.6. The molecule has 1 N–H and O–H groups in total. The van der Waals surface area contributed by atoms with Gasteiger partial charge < -0.3 is 19.6 Å². The van der Waals surface area contributed by atoms with Crippen molar-refractivity contribution in [2.24, 2.45) is 0 Å². The molecule has 1 aliphatic rings. The van der Waals surface area contributed by atoms with E-state index < -0.39 is 5.97 Å². The summed E-state index contributed by atoms with van der Waals surface area (Å²) in [6.45, 7) is 2.49. The Morgan fingerprint density at radius 3 is 2.33 bits per heavy atom. The average molecular weight is 485 g/mol. The first-order valence-corrected chi connectivity index (χ1v) is 11.2. The van der Waals surface area contributed by atoms with Crippen molar-refractivity contribution in [1.29, 1.82) is 0 Å². The van der Waals surface area contributed by atoms with Crippen LogP contribution in [-0.4, -0.2) is 43.3 Å². The van der Waals surface area contributed by atoms with Crippen LogP contribution in [0.1, 0.15) is 26.3 Å². The fraction of sp³-hybridized carbons (Fsp3) is 0.200. The van der Waals surface area contributed by atoms with E-state index in [1.807, 2.05) is 11.0 Å². The van der Waals surface area contributed by atoms with Crippen LogP contribution in [0, 0.1) is 0 Å². The standard InChI is InChI=1S/C25H22Cl2N2O4/c26-21-8-6-17(14-22(21)27)16-29(24(30)18-4-2-1-3-5-18)19-7-9-23(20(15-19)25(31)32)28-10-12-33-13-11-28/h1-9,14-15H,10-13,16H2,(H,31,32). The molecule has 0 spiro atoms. The number of carboxylic acids is 1. The largest absolute Gasteiger partial charge is 0.478 e. The molecule has 1 saturated heterocycles. The molecule has 6 nitrogen and oxygen atoms in total. The van der Waals surface area contributed by atoms with Crippen LogP contribution in [0.4, 0.5) is 11.4 Å². The first-order valence-electron chi connectivity index (χ1n) is 10.4. The van der Waals surface area contributed by atoms with Gasteiger partial charge in [-0.15, -0.1) is 0 Å². The highest BCUT2D eigenvalue weighted by Crippen LogP contribution is 2.30. The van der Waals surface area contributed by atoms with Crippen LogP contribution in [0.2, 0.25) is 10.0 Å². The number of aromatic carboxylic acids is 1. The quantitative estimate of drug-likeness (QED) is 0.508. The molecule has 170 valence electrons. The Bertz CT molecular complexity index is 1160. The molecule has 3 aromatic carbocycles. The van der Waals surface area contributed by atoms with Crippen molar-refractivity contribution in [2.45, 2.75) is 6.54 Å². The van der Waals surface area contributed by atoms with Gasteiger partial charge in [0.1, 0.15) is 0 Å². The number of carboxylic acid groups (broad SMARTS) is 1. The number of halogens is 2. The second-order valence-electron chi connectivity index (χ2n) is 7.61. The van der Waals surface area contributed by atoms with Crippen LogP contribution in [0.3, 0.4) is 0 Å². The lowest BCUT2D eigenvalue weighted by Gasteiger charge is -2.31. The summed E-state index contributed by atoms with van der Waals surface area (Å²) in [5.41, 5.74) is 2.48. The van der Waals surface area contributed by atoms with Gasteiger partial charge in [0.25, 0.3) is 5.91 Å². The van der Waals surface area contributed by atoms with Gasteiger partial charge in [0.05, 0.1) is 41.1 Å². The van der Waals surface area contributed by atoms with Crippen molar-refractivity contribution >= 4 is 46.5 Å². The summed E-state index contributed by atoms with van der Waals surface area (Å²) in [5, 5.41) is 10.7. The molecule has 1 amide bonds. The van der Waals surface area contributed by atoms with Crippen molar-refractivity contribution in [2.75, 3.05) is 36.1 Å². The molecular formula is C25H22Cl2N2O4. The topological polar surface area (TPSA) is 70.1 Å². The van der Waals surface area contributed by atoms with E-state index in [1.165, 1.54) is 0 Å². The zero-order valence-electron chi connectivity index (χ0n) is 17.7. The van der Waals surface area contributed by atoms with Crippen LogP contribution in [0.25, 0.3) is 0 Å². The SMILES string of the molecule is O=C(O)c1cc(N(Cc2ccc(Cl)c(Cl)c2)C(=O)c2ccccc2)ccc1N1CCOCC1. The van der Waals surface area contributed by atoms with Gasteiger partial charge in [0, 0.05) is 24.3 Å². The van der Waals surface area contributed by atoms with Crippen LogP contribution in [0.15, 0.2) is 66.7 Å². The average Bonchev–Trinajstić information content (AvgIpc) is 2.85. The van der Waals surface area contributed by atoms with Crippen molar-refractivity contribution in [3.05, 3.63) is 93.5 Å². The Labute approximate surface area is 201 Å². The smallest absolute Gasteiger partial charge is 0.337 e. The minimum Gasteiger partial charge on any atom is -0.478 e. The van der Waals surface area contributed by atoms with Gasteiger partial charge in [0.15, 0.2) is 0 Å².